The van der Waals surface area contributed by atoms with Gasteiger partial charge in [-0.1, -0.05) is 38.1 Å². The molecular formula is C21H19N3OS2. The average molecular weight is 394 g/mol. The van der Waals surface area contributed by atoms with Crippen LogP contribution in [0.25, 0.3) is 0 Å². The molecule has 0 spiro atoms. The largest absolute Gasteiger partial charge is 0.298 e. The van der Waals surface area contributed by atoms with E-state index in [4.69, 9.17) is 5.26 Å². The molecule has 6 heteroatoms. The number of benzene rings is 2. The van der Waals surface area contributed by atoms with E-state index in [0.29, 0.717) is 21.5 Å². The van der Waals surface area contributed by atoms with Crippen LogP contribution in [0.3, 0.4) is 0 Å². The number of carbonyl (C=O) groups excluding carboxylic acids is 1. The second-order valence-corrected chi connectivity index (χ2v) is 8.97. The van der Waals surface area contributed by atoms with Gasteiger partial charge in [0.05, 0.1) is 17.2 Å². The van der Waals surface area contributed by atoms with Crippen molar-refractivity contribution in [2.24, 2.45) is 0 Å². The summed E-state index contributed by atoms with van der Waals surface area (Å²) < 4.78 is 0. The Morgan fingerprint density at radius 3 is 2.67 bits per heavy atom. The fourth-order valence-corrected chi connectivity index (χ4v) is 4.32. The first-order valence-corrected chi connectivity index (χ1v) is 10.3. The van der Waals surface area contributed by atoms with Gasteiger partial charge in [0.2, 0.25) is 0 Å². The topological polar surface area (TPSA) is 65.8 Å². The molecule has 0 radical (unpaired) electrons. The second-order valence-electron chi connectivity index (χ2n) is 6.23. The lowest BCUT2D eigenvalue weighted by Crippen LogP contribution is -2.13. The van der Waals surface area contributed by atoms with Gasteiger partial charge in [-0.25, -0.2) is 4.98 Å². The number of carbonyl (C=O) groups is 1. The Morgan fingerprint density at radius 2 is 1.96 bits per heavy atom. The van der Waals surface area contributed by atoms with Crippen LogP contribution in [0.4, 0.5) is 5.13 Å². The lowest BCUT2D eigenvalue weighted by Gasteiger charge is -2.10. The van der Waals surface area contributed by atoms with E-state index in [2.05, 4.69) is 30.2 Å². The molecular weight excluding hydrogens is 374 g/mol. The molecule has 0 saturated carbocycles. The molecule has 27 heavy (non-hydrogen) atoms. The molecule has 1 aromatic heterocycles. The van der Waals surface area contributed by atoms with Gasteiger partial charge in [0.1, 0.15) is 0 Å². The Balaban J connectivity index is 1.68. The van der Waals surface area contributed by atoms with Crippen molar-refractivity contribution in [2.45, 2.75) is 30.4 Å². The molecule has 1 N–H and O–H groups in total. The summed E-state index contributed by atoms with van der Waals surface area (Å²) in [6.07, 6.45) is 2.51. The summed E-state index contributed by atoms with van der Waals surface area (Å²) in [5.74, 6) is -0.141. The minimum Gasteiger partial charge on any atom is -0.298 e. The smallest absolute Gasteiger partial charge is 0.258 e. The van der Waals surface area contributed by atoms with Gasteiger partial charge in [0.25, 0.3) is 5.91 Å². The zero-order valence-corrected chi connectivity index (χ0v) is 16.7. The highest BCUT2D eigenvalue weighted by molar-refractivity contribution is 8.00. The molecule has 4 nitrogen and oxygen atoms in total. The number of hydrogen-bond acceptors (Lipinski definition) is 5. The van der Waals surface area contributed by atoms with Crippen molar-refractivity contribution >= 4 is 34.1 Å². The molecule has 0 fully saturated rings. The highest BCUT2D eigenvalue weighted by Crippen LogP contribution is 2.28. The van der Waals surface area contributed by atoms with Gasteiger partial charge in [0.15, 0.2) is 5.13 Å². The van der Waals surface area contributed by atoms with Crippen LogP contribution in [-0.2, 0) is 6.42 Å². The second kappa shape index (κ2) is 8.85. The molecule has 0 aliphatic carbocycles. The van der Waals surface area contributed by atoms with Crippen LogP contribution in [0, 0.1) is 11.3 Å². The first-order valence-electron chi connectivity index (χ1n) is 8.56. The van der Waals surface area contributed by atoms with E-state index in [0.717, 1.165) is 21.8 Å². The fraction of sp³-hybridized carbons (Fsp3) is 0.190. The van der Waals surface area contributed by atoms with Gasteiger partial charge in [-0.3, -0.25) is 10.1 Å². The monoisotopic (exact) mass is 393 g/mol. The van der Waals surface area contributed by atoms with Gasteiger partial charge >= 0.3 is 0 Å². The van der Waals surface area contributed by atoms with E-state index in [1.165, 1.54) is 11.3 Å². The zero-order valence-electron chi connectivity index (χ0n) is 15.1. The Morgan fingerprint density at radius 1 is 1.22 bits per heavy atom. The normalized spacial score (nSPS) is 10.6. The van der Waals surface area contributed by atoms with Gasteiger partial charge in [-0.2, -0.15) is 5.26 Å². The highest BCUT2D eigenvalue weighted by atomic mass is 32.2. The van der Waals surface area contributed by atoms with Crippen molar-refractivity contribution < 1.29 is 4.79 Å². The maximum Gasteiger partial charge on any atom is 0.258 e. The minimum atomic E-state index is -0.141. The number of anilines is 1. The first-order chi connectivity index (χ1) is 13.0. The lowest BCUT2D eigenvalue weighted by molar-refractivity contribution is 0.102. The lowest BCUT2D eigenvalue weighted by atomic mass is 10.1. The van der Waals surface area contributed by atoms with Crippen LogP contribution < -0.4 is 5.32 Å². The molecule has 0 unspecified atom stereocenters. The van der Waals surface area contributed by atoms with Gasteiger partial charge in [-0.15, -0.1) is 23.1 Å². The summed E-state index contributed by atoms with van der Waals surface area (Å²) in [6, 6.07) is 17.2. The molecule has 0 aliphatic heterocycles. The summed E-state index contributed by atoms with van der Waals surface area (Å²) in [5.41, 5.74) is 2.42. The van der Waals surface area contributed by atoms with Crippen LogP contribution in [0.15, 0.2) is 59.6 Å². The third kappa shape index (κ3) is 5.19. The number of hydrogen-bond donors (Lipinski definition) is 1. The van der Waals surface area contributed by atoms with Crippen molar-refractivity contribution in [3.63, 3.8) is 0 Å². The van der Waals surface area contributed by atoms with Crippen molar-refractivity contribution in [1.82, 2.24) is 4.98 Å². The van der Waals surface area contributed by atoms with Crippen molar-refractivity contribution in [2.75, 3.05) is 5.32 Å². The molecule has 1 amide bonds. The predicted molar refractivity (Wildman–Crippen MR) is 111 cm³/mol. The maximum absolute atomic E-state index is 12.7. The van der Waals surface area contributed by atoms with E-state index in [-0.39, 0.29) is 5.91 Å². The van der Waals surface area contributed by atoms with Crippen LogP contribution >= 0.6 is 23.1 Å². The van der Waals surface area contributed by atoms with Gasteiger partial charge in [0, 0.05) is 27.6 Å². The van der Waals surface area contributed by atoms with Gasteiger partial charge in [-0.05, 0) is 29.8 Å². The number of rotatable bonds is 6. The Kier molecular flexibility index (Phi) is 6.28. The average Bonchev–Trinajstić information content (AvgIpc) is 3.09. The molecule has 2 aromatic carbocycles. The summed E-state index contributed by atoms with van der Waals surface area (Å²) in [7, 11) is 0. The molecule has 0 saturated heterocycles. The number of amides is 1. The number of nitrogens with one attached hydrogen (secondary N) is 1. The summed E-state index contributed by atoms with van der Waals surface area (Å²) in [5, 5.41) is 12.8. The number of thiazole rings is 1. The molecule has 1 heterocycles. The van der Waals surface area contributed by atoms with E-state index >= 15 is 0 Å². The number of nitrogens with zero attached hydrogens (tertiary/aromatic N) is 2. The van der Waals surface area contributed by atoms with Crippen molar-refractivity contribution in [1.29, 1.82) is 5.26 Å². The van der Waals surface area contributed by atoms with Crippen molar-refractivity contribution in [3.05, 3.63) is 76.3 Å². The summed E-state index contributed by atoms with van der Waals surface area (Å²) in [6.45, 7) is 4.21. The van der Waals surface area contributed by atoms with Gasteiger partial charge < -0.3 is 0 Å². The van der Waals surface area contributed by atoms with E-state index in [1.807, 2.05) is 48.5 Å². The quantitative estimate of drug-likeness (QED) is 0.573. The first kappa shape index (κ1) is 19.2. The third-order valence-electron chi connectivity index (χ3n) is 3.73. The summed E-state index contributed by atoms with van der Waals surface area (Å²) >= 11 is 3.14. The third-order valence-corrected chi connectivity index (χ3v) is 5.72. The molecule has 0 bridgehead atoms. The molecule has 136 valence electrons. The molecule has 3 rings (SSSR count). The fourth-order valence-electron chi connectivity index (χ4n) is 2.52. The SMILES string of the molecule is CC(C)Sc1ccccc1C(=O)Nc1ncc(Cc2ccc(C#N)cc2)s1. The highest BCUT2D eigenvalue weighted by Gasteiger charge is 2.14. The maximum atomic E-state index is 12.7. The Bertz CT molecular complexity index is 972. The Labute approximate surface area is 167 Å². The Hall–Kier alpha value is -2.62. The molecule has 0 atom stereocenters. The minimum absolute atomic E-state index is 0.141. The summed E-state index contributed by atoms with van der Waals surface area (Å²) in [4.78, 5) is 19.0. The van der Waals surface area contributed by atoms with Crippen LogP contribution in [0.5, 0.6) is 0 Å². The number of nitriles is 1. The van der Waals surface area contributed by atoms with Crippen molar-refractivity contribution in [3.8, 4) is 6.07 Å². The van der Waals surface area contributed by atoms with Crippen LogP contribution in [-0.4, -0.2) is 16.1 Å². The molecule has 3 aromatic rings. The van der Waals surface area contributed by atoms with E-state index in [9.17, 15) is 4.79 Å². The van der Waals surface area contributed by atoms with Crippen LogP contribution in [0.2, 0.25) is 0 Å². The standard InChI is InChI=1S/C21H19N3OS2/c1-14(2)26-19-6-4-3-5-18(19)20(25)24-21-23-13-17(27-21)11-15-7-9-16(12-22)10-8-15/h3-10,13-14H,11H2,1-2H3,(H,23,24,25). The van der Waals surface area contributed by atoms with Crippen LogP contribution in [0.1, 0.15) is 40.2 Å². The van der Waals surface area contributed by atoms with E-state index in [1.54, 1.807) is 18.0 Å². The number of aromatic nitrogens is 1. The zero-order chi connectivity index (χ0) is 19.2. The molecule has 0 aliphatic rings. The number of thioether (sulfide) groups is 1. The predicted octanol–water partition coefficient (Wildman–Crippen LogP) is 5.36. The van der Waals surface area contributed by atoms with E-state index < -0.39 is 0 Å².